The largest absolute Gasteiger partial charge is 0.461 e. The predicted octanol–water partition coefficient (Wildman–Crippen LogP) is 2.13. The summed E-state index contributed by atoms with van der Waals surface area (Å²) in [4.78, 5) is 12.0. The molecule has 2 N–H and O–H groups in total. The van der Waals surface area contributed by atoms with Crippen LogP contribution in [0.2, 0.25) is 0 Å². The molecule has 7 nitrogen and oxygen atoms in total. The molecule has 0 aliphatic carbocycles. The smallest absolute Gasteiger partial charge is 0.224 e. The van der Waals surface area contributed by atoms with Crippen LogP contribution in [0.3, 0.4) is 0 Å². The first kappa shape index (κ1) is 14.1. The van der Waals surface area contributed by atoms with Crippen LogP contribution in [0.15, 0.2) is 33.4 Å². The molecule has 7 heteroatoms. The maximum absolute atomic E-state index is 12.0. The molecule has 0 aromatic carbocycles. The van der Waals surface area contributed by atoms with E-state index in [9.17, 15) is 4.79 Å². The summed E-state index contributed by atoms with van der Waals surface area (Å²) in [6, 6.07) is 5.30. The minimum atomic E-state index is -0.0878. The molecule has 114 valence electrons. The van der Waals surface area contributed by atoms with Gasteiger partial charge in [-0.15, -0.1) is 0 Å². The van der Waals surface area contributed by atoms with Crippen molar-refractivity contribution in [2.45, 2.75) is 26.8 Å². The molecule has 0 aliphatic rings. The Morgan fingerprint density at radius 3 is 2.91 bits per heavy atom. The van der Waals surface area contributed by atoms with Crippen LogP contribution in [0.5, 0.6) is 0 Å². The molecule has 3 rings (SSSR count). The number of nitrogens with one attached hydrogen (secondary N) is 2. The van der Waals surface area contributed by atoms with Gasteiger partial charge in [-0.2, -0.15) is 5.10 Å². The number of aromatic amines is 1. The van der Waals surface area contributed by atoms with Gasteiger partial charge >= 0.3 is 0 Å². The summed E-state index contributed by atoms with van der Waals surface area (Å²) < 4.78 is 10.4. The zero-order valence-electron chi connectivity index (χ0n) is 12.3. The minimum Gasteiger partial charge on any atom is -0.461 e. The topological polar surface area (TPSA) is 97.0 Å². The summed E-state index contributed by atoms with van der Waals surface area (Å²) in [5.74, 6) is 1.06. The number of hydrogen-bond acceptors (Lipinski definition) is 5. The second-order valence-corrected chi connectivity index (χ2v) is 5.03. The van der Waals surface area contributed by atoms with Gasteiger partial charge in [0.15, 0.2) is 5.76 Å². The molecule has 0 unspecified atom stereocenters. The molecule has 3 aromatic heterocycles. The highest BCUT2D eigenvalue weighted by Gasteiger charge is 2.13. The second kappa shape index (κ2) is 5.88. The van der Waals surface area contributed by atoms with E-state index < -0.39 is 0 Å². The van der Waals surface area contributed by atoms with Crippen molar-refractivity contribution in [3.63, 3.8) is 0 Å². The lowest BCUT2D eigenvalue weighted by atomic mass is 10.1. The van der Waals surface area contributed by atoms with E-state index in [1.165, 1.54) is 0 Å². The molecule has 0 atom stereocenters. The molecule has 3 heterocycles. The number of aromatic nitrogens is 3. The van der Waals surface area contributed by atoms with Crippen molar-refractivity contribution < 1.29 is 13.7 Å². The number of carbonyl (C=O) groups excluding carboxylic acids is 1. The van der Waals surface area contributed by atoms with E-state index in [0.29, 0.717) is 23.8 Å². The Balaban J connectivity index is 1.57. The van der Waals surface area contributed by atoms with Crippen LogP contribution in [0.4, 0.5) is 0 Å². The Morgan fingerprint density at radius 1 is 1.36 bits per heavy atom. The van der Waals surface area contributed by atoms with Crippen molar-refractivity contribution in [1.82, 2.24) is 20.7 Å². The van der Waals surface area contributed by atoms with Crippen molar-refractivity contribution in [2.75, 3.05) is 0 Å². The van der Waals surface area contributed by atoms with Crippen LogP contribution in [0.25, 0.3) is 11.5 Å². The minimum absolute atomic E-state index is 0.0878. The van der Waals surface area contributed by atoms with Crippen molar-refractivity contribution in [3.8, 4) is 11.5 Å². The van der Waals surface area contributed by atoms with Crippen molar-refractivity contribution in [2.24, 2.45) is 0 Å². The number of furan rings is 1. The fourth-order valence-corrected chi connectivity index (χ4v) is 2.18. The number of aryl methyl sites for hydroxylation is 2. The molecule has 0 spiro atoms. The Labute approximate surface area is 126 Å². The Hall–Kier alpha value is -2.83. The van der Waals surface area contributed by atoms with Crippen LogP contribution < -0.4 is 5.32 Å². The molecule has 0 aliphatic heterocycles. The Bertz CT molecular complexity index is 751. The van der Waals surface area contributed by atoms with Gasteiger partial charge in [0.05, 0.1) is 24.9 Å². The number of H-pyrrole nitrogens is 1. The summed E-state index contributed by atoms with van der Waals surface area (Å²) in [5.41, 5.74) is 3.32. The summed E-state index contributed by atoms with van der Waals surface area (Å²) >= 11 is 0. The molecule has 1 amide bonds. The van der Waals surface area contributed by atoms with Crippen molar-refractivity contribution in [1.29, 1.82) is 0 Å². The molecule has 0 saturated carbocycles. The summed E-state index contributed by atoms with van der Waals surface area (Å²) in [5, 5.41) is 13.7. The highest BCUT2D eigenvalue weighted by atomic mass is 16.5. The van der Waals surface area contributed by atoms with Crippen molar-refractivity contribution in [3.05, 3.63) is 47.1 Å². The van der Waals surface area contributed by atoms with Gasteiger partial charge in [0, 0.05) is 17.3 Å². The number of carbonyl (C=O) groups is 1. The zero-order valence-corrected chi connectivity index (χ0v) is 12.3. The average Bonchev–Trinajstić information content (AvgIpc) is 3.22. The number of amides is 1. The fraction of sp³-hybridized carbons (Fsp3) is 0.267. The lowest BCUT2D eigenvalue weighted by Gasteiger charge is -2.03. The Kier molecular flexibility index (Phi) is 3.78. The SMILES string of the molecule is Cc1n[nH]c(C)c1CC(=O)NCc1cc(-c2ccco2)on1. The summed E-state index contributed by atoms with van der Waals surface area (Å²) in [7, 11) is 0. The quantitative estimate of drug-likeness (QED) is 0.752. The van der Waals surface area contributed by atoms with Crippen LogP contribution in [0.1, 0.15) is 22.6 Å². The van der Waals surface area contributed by atoms with Gasteiger partial charge in [-0.3, -0.25) is 9.89 Å². The Morgan fingerprint density at radius 2 is 2.23 bits per heavy atom. The van der Waals surface area contributed by atoms with Gasteiger partial charge < -0.3 is 14.3 Å². The molecule has 3 aromatic rings. The number of rotatable bonds is 5. The zero-order chi connectivity index (χ0) is 15.5. The number of hydrogen-bond donors (Lipinski definition) is 2. The monoisotopic (exact) mass is 300 g/mol. The molecule has 0 bridgehead atoms. The first-order valence-electron chi connectivity index (χ1n) is 6.90. The molecule has 0 fully saturated rings. The third-order valence-electron chi connectivity index (χ3n) is 3.41. The second-order valence-electron chi connectivity index (χ2n) is 5.03. The third-order valence-corrected chi connectivity index (χ3v) is 3.41. The predicted molar refractivity (Wildman–Crippen MR) is 77.8 cm³/mol. The standard InChI is InChI=1S/C15H16N4O3/c1-9-12(10(2)18-17-9)7-15(20)16-8-11-6-14(22-19-11)13-4-3-5-21-13/h3-6H,7-8H2,1-2H3,(H,16,20)(H,17,18). The summed E-state index contributed by atoms with van der Waals surface area (Å²) in [6.45, 7) is 4.08. The van der Waals surface area contributed by atoms with Crippen LogP contribution in [-0.4, -0.2) is 21.3 Å². The highest BCUT2D eigenvalue weighted by molar-refractivity contribution is 5.79. The third kappa shape index (κ3) is 2.93. The van der Waals surface area contributed by atoms with Crippen LogP contribution in [-0.2, 0) is 17.8 Å². The van der Waals surface area contributed by atoms with E-state index >= 15 is 0 Å². The average molecular weight is 300 g/mol. The molecule has 0 saturated heterocycles. The molecular weight excluding hydrogens is 284 g/mol. The van der Waals surface area contributed by atoms with E-state index in [4.69, 9.17) is 8.94 Å². The van der Waals surface area contributed by atoms with Gasteiger partial charge in [-0.05, 0) is 26.0 Å². The number of nitrogens with zero attached hydrogens (tertiary/aromatic N) is 2. The maximum Gasteiger partial charge on any atom is 0.224 e. The van der Waals surface area contributed by atoms with Gasteiger partial charge in [-0.25, -0.2) is 0 Å². The molecule has 0 radical (unpaired) electrons. The van der Waals surface area contributed by atoms with Gasteiger partial charge in [0.1, 0.15) is 5.69 Å². The maximum atomic E-state index is 12.0. The van der Waals surface area contributed by atoms with Gasteiger partial charge in [0.2, 0.25) is 11.7 Å². The first-order chi connectivity index (χ1) is 10.6. The van der Waals surface area contributed by atoms with Crippen LogP contribution in [0, 0.1) is 13.8 Å². The van der Waals surface area contributed by atoms with Gasteiger partial charge in [-0.1, -0.05) is 5.16 Å². The van der Waals surface area contributed by atoms with E-state index in [0.717, 1.165) is 17.0 Å². The van der Waals surface area contributed by atoms with Gasteiger partial charge in [0.25, 0.3) is 0 Å². The van der Waals surface area contributed by atoms with Crippen LogP contribution >= 0.6 is 0 Å². The first-order valence-corrected chi connectivity index (χ1v) is 6.90. The lowest BCUT2D eigenvalue weighted by molar-refractivity contribution is -0.120. The van der Waals surface area contributed by atoms with E-state index in [1.54, 1.807) is 24.5 Å². The van der Waals surface area contributed by atoms with E-state index in [1.807, 2.05) is 13.8 Å². The highest BCUT2D eigenvalue weighted by Crippen LogP contribution is 2.20. The van der Waals surface area contributed by atoms with Crippen molar-refractivity contribution >= 4 is 5.91 Å². The van der Waals surface area contributed by atoms with E-state index in [-0.39, 0.29) is 12.3 Å². The fourth-order valence-electron chi connectivity index (χ4n) is 2.18. The summed E-state index contributed by atoms with van der Waals surface area (Å²) in [6.07, 6.45) is 1.85. The lowest BCUT2D eigenvalue weighted by Crippen LogP contribution is -2.25. The van der Waals surface area contributed by atoms with E-state index in [2.05, 4.69) is 20.7 Å². The molecule has 22 heavy (non-hydrogen) atoms. The molecular formula is C15H16N4O3. The normalized spacial score (nSPS) is 10.8.